The monoisotopic (exact) mass is 505 g/mol. The number of hydrogen-bond acceptors (Lipinski definition) is 8. The van der Waals surface area contributed by atoms with Gasteiger partial charge in [-0.25, -0.2) is 18.4 Å². The van der Waals surface area contributed by atoms with Crippen LogP contribution in [0.3, 0.4) is 0 Å². The number of nitrogens with zero attached hydrogens (tertiary/aromatic N) is 4. The number of hydrogen-bond donors (Lipinski definition) is 1. The quantitative estimate of drug-likeness (QED) is 0.496. The molecule has 1 saturated heterocycles. The number of aliphatic imine (C=N–C) groups is 1. The van der Waals surface area contributed by atoms with Gasteiger partial charge in [0.05, 0.1) is 33.8 Å². The van der Waals surface area contributed by atoms with Crippen molar-refractivity contribution in [3.8, 4) is 0 Å². The summed E-state index contributed by atoms with van der Waals surface area (Å²) in [6.45, 7) is 6.51. The third kappa shape index (κ3) is 5.32. The minimum atomic E-state index is -3.49. The van der Waals surface area contributed by atoms with Crippen molar-refractivity contribution in [3.05, 3.63) is 64.5 Å². The zero-order valence-corrected chi connectivity index (χ0v) is 21.9. The molecule has 4 heterocycles. The van der Waals surface area contributed by atoms with Gasteiger partial charge in [-0.15, -0.1) is 0 Å². The van der Waals surface area contributed by atoms with Crippen molar-refractivity contribution in [2.24, 2.45) is 4.99 Å². The van der Waals surface area contributed by atoms with Crippen LogP contribution in [0.25, 0.3) is 0 Å². The summed E-state index contributed by atoms with van der Waals surface area (Å²) in [4.78, 5) is 18.7. The van der Waals surface area contributed by atoms with Crippen LogP contribution in [-0.2, 0) is 27.4 Å². The standard InChI is InChI=1S/C27H31N5O3S/c1-16-11-20(30-18(3)28-16)14-21-15-24(27-23(31-21)12-17(2)29-27)32-22-9-8-19(13-26(22)36(4,33)34)25-7-5-6-10-35-25/h8-9,11,13,15,25H,5-7,10,12,14H2,1-4H3,(H,31,32)/t25-/m1/s1. The topological polar surface area (TPSA) is 106 Å². The molecule has 0 amide bonds. The van der Waals surface area contributed by atoms with E-state index in [1.54, 1.807) is 6.07 Å². The molecular formula is C27H31N5O3S. The highest BCUT2D eigenvalue weighted by Gasteiger charge is 2.23. The maximum absolute atomic E-state index is 12.8. The van der Waals surface area contributed by atoms with Gasteiger partial charge in [0.25, 0.3) is 0 Å². The lowest BCUT2D eigenvalue weighted by Crippen LogP contribution is -2.13. The molecule has 9 heteroatoms. The maximum Gasteiger partial charge on any atom is 0.177 e. The summed E-state index contributed by atoms with van der Waals surface area (Å²) in [6, 6.07) is 9.44. The second kappa shape index (κ2) is 9.71. The van der Waals surface area contributed by atoms with E-state index in [1.165, 1.54) is 6.26 Å². The molecule has 1 atom stereocenters. The van der Waals surface area contributed by atoms with Gasteiger partial charge < -0.3 is 10.1 Å². The van der Waals surface area contributed by atoms with E-state index < -0.39 is 9.84 Å². The van der Waals surface area contributed by atoms with Crippen LogP contribution < -0.4 is 5.32 Å². The first-order valence-corrected chi connectivity index (χ1v) is 14.2. The highest BCUT2D eigenvalue weighted by molar-refractivity contribution is 7.90. The molecule has 5 rings (SSSR count). The third-order valence-corrected chi connectivity index (χ3v) is 7.59. The zero-order chi connectivity index (χ0) is 25.4. The normalized spacial score (nSPS) is 17.6. The number of rotatable bonds is 6. The molecule has 188 valence electrons. The van der Waals surface area contributed by atoms with Crippen molar-refractivity contribution >= 4 is 32.6 Å². The molecule has 0 aliphatic carbocycles. The average Bonchev–Trinajstić information content (AvgIpc) is 3.19. The number of benzene rings is 1. The molecule has 0 unspecified atom stereocenters. The Labute approximate surface area is 212 Å². The fraction of sp³-hybridized carbons (Fsp3) is 0.407. The third-order valence-electron chi connectivity index (χ3n) is 6.45. The summed E-state index contributed by atoms with van der Waals surface area (Å²) in [6.07, 6.45) is 5.39. The second-order valence-corrected chi connectivity index (χ2v) is 11.7. The molecule has 1 fully saturated rings. The van der Waals surface area contributed by atoms with Crippen molar-refractivity contribution in [3.63, 3.8) is 0 Å². The van der Waals surface area contributed by atoms with Gasteiger partial charge in [-0.1, -0.05) is 6.07 Å². The predicted molar refractivity (Wildman–Crippen MR) is 140 cm³/mol. The van der Waals surface area contributed by atoms with Crippen LogP contribution in [0.2, 0.25) is 0 Å². The van der Waals surface area contributed by atoms with Gasteiger partial charge in [-0.2, -0.15) is 0 Å². The number of fused-ring (bicyclic) bond motifs is 1. The number of pyridine rings is 1. The Bertz CT molecular complexity index is 1440. The van der Waals surface area contributed by atoms with Crippen LogP contribution >= 0.6 is 0 Å². The Kier molecular flexibility index (Phi) is 6.61. The minimum Gasteiger partial charge on any atom is -0.374 e. The van der Waals surface area contributed by atoms with Crippen LogP contribution in [0.1, 0.15) is 66.5 Å². The van der Waals surface area contributed by atoms with E-state index in [2.05, 4.69) is 15.3 Å². The van der Waals surface area contributed by atoms with E-state index in [1.807, 2.05) is 45.0 Å². The summed E-state index contributed by atoms with van der Waals surface area (Å²) < 4.78 is 31.5. The first-order chi connectivity index (χ1) is 17.2. The van der Waals surface area contributed by atoms with E-state index in [0.29, 0.717) is 25.1 Å². The Morgan fingerprint density at radius 2 is 1.81 bits per heavy atom. The Morgan fingerprint density at radius 3 is 2.53 bits per heavy atom. The molecule has 36 heavy (non-hydrogen) atoms. The van der Waals surface area contributed by atoms with Gasteiger partial charge >= 0.3 is 0 Å². The molecule has 3 aromatic rings. The molecule has 2 aromatic heterocycles. The lowest BCUT2D eigenvalue weighted by atomic mass is 10.0. The first-order valence-electron chi connectivity index (χ1n) is 12.3. The minimum absolute atomic E-state index is 0.0721. The summed E-state index contributed by atoms with van der Waals surface area (Å²) in [5.41, 5.74) is 7.40. The molecule has 1 aromatic carbocycles. The van der Waals surface area contributed by atoms with Crippen molar-refractivity contribution in [1.29, 1.82) is 0 Å². The number of sulfone groups is 1. The van der Waals surface area contributed by atoms with Crippen molar-refractivity contribution < 1.29 is 13.2 Å². The SMILES string of the molecule is CC1=Nc2c(Nc3ccc([C@H]4CCCCO4)cc3S(C)(=O)=O)cc(Cc3cc(C)nc(C)n3)nc2C1. The summed E-state index contributed by atoms with van der Waals surface area (Å²) in [7, 11) is -3.49. The molecular weight excluding hydrogens is 474 g/mol. The number of ether oxygens (including phenoxy) is 1. The summed E-state index contributed by atoms with van der Waals surface area (Å²) >= 11 is 0. The van der Waals surface area contributed by atoms with Crippen LogP contribution in [0.15, 0.2) is 40.2 Å². The summed E-state index contributed by atoms with van der Waals surface area (Å²) in [5.74, 6) is 0.725. The molecule has 0 bridgehead atoms. The van der Waals surface area contributed by atoms with Crippen LogP contribution in [0, 0.1) is 13.8 Å². The van der Waals surface area contributed by atoms with E-state index in [0.717, 1.165) is 70.5 Å². The molecule has 0 spiro atoms. The van der Waals surface area contributed by atoms with Gasteiger partial charge in [0.15, 0.2) is 9.84 Å². The van der Waals surface area contributed by atoms with Crippen LogP contribution in [0.4, 0.5) is 17.1 Å². The molecule has 2 aliphatic rings. The van der Waals surface area contributed by atoms with Gasteiger partial charge in [-0.3, -0.25) is 9.98 Å². The molecule has 0 saturated carbocycles. The smallest absolute Gasteiger partial charge is 0.177 e. The van der Waals surface area contributed by atoms with Crippen molar-refractivity contribution in [1.82, 2.24) is 15.0 Å². The van der Waals surface area contributed by atoms with Gasteiger partial charge in [-0.05, 0) is 69.9 Å². The average molecular weight is 506 g/mol. The fourth-order valence-electron chi connectivity index (χ4n) is 4.92. The molecule has 0 radical (unpaired) electrons. The Morgan fingerprint density at radius 1 is 1.00 bits per heavy atom. The molecule has 8 nitrogen and oxygen atoms in total. The van der Waals surface area contributed by atoms with Gasteiger partial charge in [0, 0.05) is 42.8 Å². The van der Waals surface area contributed by atoms with Gasteiger partial charge in [0.2, 0.25) is 0 Å². The number of aromatic nitrogens is 3. The van der Waals surface area contributed by atoms with Crippen molar-refractivity contribution in [2.75, 3.05) is 18.2 Å². The highest BCUT2D eigenvalue weighted by Crippen LogP contribution is 2.39. The largest absolute Gasteiger partial charge is 0.374 e. The highest BCUT2D eigenvalue weighted by atomic mass is 32.2. The van der Waals surface area contributed by atoms with Crippen LogP contribution in [0.5, 0.6) is 0 Å². The number of aryl methyl sites for hydroxylation is 2. The second-order valence-electron chi connectivity index (χ2n) is 9.71. The predicted octanol–water partition coefficient (Wildman–Crippen LogP) is 5.12. The van der Waals surface area contributed by atoms with E-state index in [4.69, 9.17) is 14.7 Å². The fourth-order valence-corrected chi connectivity index (χ4v) is 5.79. The maximum atomic E-state index is 12.8. The number of anilines is 2. The van der Waals surface area contributed by atoms with E-state index in [-0.39, 0.29) is 11.0 Å². The first kappa shape index (κ1) is 24.5. The lowest BCUT2D eigenvalue weighted by Gasteiger charge is -2.24. The summed E-state index contributed by atoms with van der Waals surface area (Å²) in [5, 5.41) is 3.38. The van der Waals surface area contributed by atoms with E-state index >= 15 is 0 Å². The van der Waals surface area contributed by atoms with Gasteiger partial charge in [0.1, 0.15) is 11.5 Å². The zero-order valence-electron chi connectivity index (χ0n) is 21.1. The van der Waals surface area contributed by atoms with Crippen LogP contribution in [-0.4, -0.2) is 41.9 Å². The Balaban J connectivity index is 1.53. The molecule has 1 N–H and O–H groups in total. The number of nitrogens with one attached hydrogen (secondary N) is 1. The van der Waals surface area contributed by atoms with Crippen molar-refractivity contribution in [2.45, 2.75) is 63.9 Å². The Hall–Kier alpha value is -3.17. The molecule has 2 aliphatic heterocycles. The van der Waals surface area contributed by atoms with E-state index in [9.17, 15) is 8.42 Å². The lowest BCUT2D eigenvalue weighted by molar-refractivity contribution is 0.0148.